The number of carboxylic acids is 1. The maximum Gasteiger partial charge on any atom is 0.354 e. The molecule has 5 heteroatoms. The second kappa shape index (κ2) is 5.95. The summed E-state index contributed by atoms with van der Waals surface area (Å²) in [5, 5.41) is 8.47. The van der Waals surface area contributed by atoms with Gasteiger partial charge in [0.05, 0.1) is 6.61 Å². The van der Waals surface area contributed by atoms with Crippen molar-refractivity contribution < 1.29 is 19.4 Å². The lowest BCUT2D eigenvalue weighted by Crippen LogP contribution is -2.04. The van der Waals surface area contributed by atoms with E-state index in [4.69, 9.17) is 9.84 Å². The number of ether oxygens (including phenoxy) is 1. The molecular formula is C11H15NO4. The normalized spacial score (nSPS) is 10.1. The van der Waals surface area contributed by atoms with Gasteiger partial charge >= 0.3 is 11.9 Å². The molecule has 0 fully saturated rings. The van der Waals surface area contributed by atoms with Crippen molar-refractivity contribution in [2.45, 2.75) is 26.2 Å². The first-order valence-corrected chi connectivity index (χ1v) is 5.19. The lowest BCUT2D eigenvalue weighted by molar-refractivity contribution is -0.137. The van der Waals surface area contributed by atoms with Crippen LogP contribution in [0.25, 0.3) is 0 Å². The average Bonchev–Trinajstić information content (AvgIpc) is 2.66. The third-order valence-electron chi connectivity index (χ3n) is 2.09. The van der Waals surface area contributed by atoms with Crippen LogP contribution >= 0.6 is 0 Å². The summed E-state index contributed by atoms with van der Waals surface area (Å²) in [6.07, 6.45) is 3.05. The molecule has 0 bridgehead atoms. The number of hydrogen-bond donors (Lipinski definition) is 2. The number of esters is 1. The molecule has 0 radical (unpaired) electrons. The third kappa shape index (κ3) is 3.76. The highest BCUT2D eigenvalue weighted by atomic mass is 16.5. The molecule has 0 aliphatic rings. The van der Waals surface area contributed by atoms with Gasteiger partial charge in [0, 0.05) is 12.6 Å². The van der Waals surface area contributed by atoms with Crippen molar-refractivity contribution in [3.63, 3.8) is 0 Å². The second-order valence-electron chi connectivity index (χ2n) is 3.39. The molecule has 1 rings (SSSR count). The van der Waals surface area contributed by atoms with E-state index < -0.39 is 5.97 Å². The SMILES string of the molecule is CCOC(=O)c1cc(CCCC(=O)O)c[nH]1. The van der Waals surface area contributed by atoms with Crippen LogP contribution < -0.4 is 0 Å². The van der Waals surface area contributed by atoms with Crippen molar-refractivity contribution in [2.24, 2.45) is 0 Å². The molecule has 0 aliphatic heterocycles. The molecule has 0 unspecified atom stereocenters. The summed E-state index contributed by atoms with van der Waals surface area (Å²) in [4.78, 5) is 24.4. The number of aromatic nitrogens is 1. The van der Waals surface area contributed by atoms with Crippen LogP contribution in [0.5, 0.6) is 0 Å². The van der Waals surface area contributed by atoms with Crippen molar-refractivity contribution in [1.29, 1.82) is 0 Å². The van der Waals surface area contributed by atoms with Crippen molar-refractivity contribution in [1.82, 2.24) is 4.98 Å². The van der Waals surface area contributed by atoms with E-state index in [-0.39, 0.29) is 12.4 Å². The van der Waals surface area contributed by atoms with Gasteiger partial charge in [0.1, 0.15) is 5.69 Å². The molecule has 0 saturated carbocycles. The van der Waals surface area contributed by atoms with Crippen molar-refractivity contribution in [3.05, 3.63) is 23.5 Å². The molecule has 0 atom stereocenters. The summed E-state index contributed by atoms with van der Waals surface area (Å²) in [6.45, 7) is 2.08. The van der Waals surface area contributed by atoms with Crippen LogP contribution in [-0.4, -0.2) is 28.6 Å². The van der Waals surface area contributed by atoms with Gasteiger partial charge in [0.25, 0.3) is 0 Å². The topological polar surface area (TPSA) is 79.4 Å². The highest BCUT2D eigenvalue weighted by Crippen LogP contribution is 2.08. The summed E-state index contributed by atoms with van der Waals surface area (Å²) in [6, 6.07) is 1.69. The number of aryl methyl sites for hydroxylation is 1. The Bertz CT molecular complexity index is 370. The summed E-state index contributed by atoms with van der Waals surface area (Å²) in [7, 11) is 0. The van der Waals surface area contributed by atoms with E-state index in [1.54, 1.807) is 19.2 Å². The smallest absolute Gasteiger partial charge is 0.354 e. The van der Waals surface area contributed by atoms with Crippen LogP contribution in [-0.2, 0) is 16.0 Å². The number of hydrogen-bond acceptors (Lipinski definition) is 3. The van der Waals surface area contributed by atoms with Crippen LogP contribution in [0, 0.1) is 0 Å². The number of carboxylic acid groups (broad SMARTS) is 1. The first-order valence-electron chi connectivity index (χ1n) is 5.19. The van der Waals surface area contributed by atoms with Crippen molar-refractivity contribution >= 4 is 11.9 Å². The Morgan fingerprint density at radius 1 is 1.50 bits per heavy atom. The lowest BCUT2D eigenvalue weighted by atomic mass is 10.1. The fraction of sp³-hybridized carbons (Fsp3) is 0.455. The Balaban J connectivity index is 2.45. The van der Waals surface area contributed by atoms with E-state index in [1.807, 2.05) is 0 Å². The standard InChI is InChI=1S/C11H15NO4/c1-2-16-11(15)9-6-8(7-12-9)4-3-5-10(13)14/h6-7,12H,2-5H2,1H3,(H,13,14). The van der Waals surface area contributed by atoms with Gasteiger partial charge in [0.2, 0.25) is 0 Å². The van der Waals surface area contributed by atoms with Crippen molar-refractivity contribution in [3.8, 4) is 0 Å². The molecular weight excluding hydrogens is 210 g/mol. The predicted molar refractivity (Wildman–Crippen MR) is 57.3 cm³/mol. The van der Waals surface area contributed by atoms with Gasteiger partial charge in [0.15, 0.2) is 0 Å². The van der Waals surface area contributed by atoms with Crippen molar-refractivity contribution in [2.75, 3.05) is 6.61 Å². The van der Waals surface area contributed by atoms with Gasteiger partial charge in [-0.25, -0.2) is 4.79 Å². The van der Waals surface area contributed by atoms with Crippen LogP contribution in [0.2, 0.25) is 0 Å². The average molecular weight is 225 g/mol. The van der Waals surface area contributed by atoms with Gasteiger partial charge in [-0.15, -0.1) is 0 Å². The van der Waals surface area contributed by atoms with Gasteiger partial charge < -0.3 is 14.8 Å². The number of carbonyl (C=O) groups is 2. The van der Waals surface area contributed by atoms with Crippen LogP contribution in [0.4, 0.5) is 0 Å². The zero-order valence-electron chi connectivity index (χ0n) is 9.16. The molecule has 1 aromatic heterocycles. The van der Waals surface area contributed by atoms with Gasteiger partial charge in [-0.3, -0.25) is 4.79 Å². The van der Waals surface area contributed by atoms with E-state index >= 15 is 0 Å². The Morgan fingerprint density at radius 3 is 2.88 bits per heavy atom. The molecule has 1 heterocycles. The van der Waals surface area contributed by atoms with Crippen LogP contribution in [0.3, 0.4) is 0 Å². The Kier molecular flexibility index (Phi) is 4.57. The molecule has 0 saturated heterocycles. The summed E-state index contributed by atoms with van der Waals surface area (Å²) in [5.74, 6) is -1.19. The first-order chi connectivity index (χ1) is 7.63. The molecule has 5 nitrogen and oxygen atoms in total. The highest BCUT2D eigenvalue weighted by Gasteiger charge is 2.09. The van der Waals surface area contributed by atoms with Crippen LogP contribution in [0.15, 0.2) is 12.3 Å². The molecule has 88 valence electrons. The number of carbonyl (C=O) groups excluding carboxylic acids is 1. The number of H-pyrrole nitrogens is 1. The molecule has 0 spiro atoms. The first kappa shape index (κ1) is 12.3. The monoisotopic (exact) mass is 225 g/mol. The highest BCUT2D eigenvalue weighted by molar-refractivity contribution is 5.87. The van der Waals surface area contributed by atoms with E-state index in [0.717, 1.165) is 5.56 Å². The third-order valence-corrected chi connectivity index (χ3v) is 2.09. The maximum atomic E-state index is 11.3. The Labute approximate surface area is 93.4 Å². The van der Waals surface area contributed by atoms with Gasteiger partial charge in [-0.2, -0.15) is 0 Å². The fourth-order valence-corrected chi connectivity index (χ4v) is 1.35. The summed E-state index contributed by atoms with van der Waals surface area (Å²) < 4.78 is 4.82. The van der Waals surface area contributed by atoms with Gasteiger partial charge in [-0.05, 0) is 31.4 Å². The van der Waals surface area contributed by atoms with E-state index in [0.29, 0.717) is 25.1 Å². The molecule has 2 N–H and O–H groups in total. The van der Waals surface area contributed by atoms with E-state index in [9.17, 15) is 9.59 Å². The number of aliphatic carboxylic acids is 1. The van der Waals surface area contributed by atoms with E-state index in [1.165, 1.54) is 0 Å². The molecule has 1 aromatic rings. The maximum absolute atomic E-state index is 11.3. The molecule has 16 heavy (non-hydrogen) atoms. The number of rotatable bonds is 6. The zero-order chi connectivity index (χ0) is 12.0. The van der Waals surface area contributed by atoms with Crippen LogP contribution in [0.1, 0.15) is 35.8 Å². The largest absolute Gasteiger partial charge is 0.481 e. The number of aromatic amines is 1. The zero-order valence-corrected chi connectivity index (χ0v) is 9.16. The second-order valence-corrected chi connectivity index (χ2v) is 3.39. The Hall–Kier alpha value is -1.78. The molecule has 0 aliphatic carbocycles. The lowest BCUT2D eigenvalue weighted by Gasteiger charge is -1.97. The summed E-state index contributed by atoms with van der Waals surface area (Å²) >= 11 is 0. The molecule has 0 aromatic carbocycles. The quantitative estimate of drug-likeness (QED) is 0.720. The fourth-order valence-electron chi connectivity index (χ4n) is 1.35. The number of nitrogens with one attached hydrogen (secondary N) is 1. The predicted octanol–water partition coefficient (Wildman–Crippen LogP) is 1.60. The minimum atomic E-state index is -0.804. The molecule has 0 amide bonds. The summed E-state index contributed by atoms with van der Waals surface area (Å²) in [5.41, 5.74) is 1.33. The minimum Gasteiger partial charge on any atom is -0.481 e. The van der Waals surface area contributed by atoms with Gasteiger partial charge in [-0.1, -0.05) is 0 Å². The Morgan fingerprint density at radius 2 is 2.25 bits per heavy atom. The minimum absolute atomic E-state index is 0.139. The van der Waals surface area contributed by atoms with E-state index in [2.05, 4.69) is 4.98 Å².